The van der Waals surface area contributed by atoms with Crippen molar-refractivity contribution in [2.45, 2.75) is 6.04 Å². The van der Waals surface area contributed by atoms with Crippen LogP contribution in [0.4, 0.5) is 0 Å². The smallest absolute Gasteiger partial charge is 0.252 e. The van der Waals surface area contributed by atoms with Crippen molar-refractivity contribution in [3.63, 3.8) is 0 Å². The molecule has 1 heterocycles. The highest BCUT2D eigenvalue weighted by Crippen LogP contribution is 2.23. The molecule has 1 atom stereocenters. The molecule has 0 radical (unpaired) electrons. The Kier molecular flexibility index (Phi) is 4.88. The van der Waals surface area contributed by atoms with Crippen molar-refractivity contribution in [3.8, 4) is 0 Å². The highest BCUT2D eigenvalue weighted by molar-refractivity contribution is 6.35. The maximum Gasteiger partial charge on any atom is 0.252 e. The predicted octanol–water partition coefficient (Wildman–Crippen LogP) is 4.25. The number of aryl methyl sites for hydroxylation is 1. The maximum absolute atomic E-state index is 12.7. The zero-order chi connectivity index (χ0) is 17.1. The summed E-state index contributed by atoms with van der Waals surface area (Å²) in [6.45, 7) is 0. The molecule has 0 saturated heterocycles. The van der Waals surface area contributed by atoms with Gasteiger partial charge in [-0.15, -0.1) is 0 Å². The number of aromatic nitrogens is 2. The van der Waals surface area contributed by atoms with Gasteiger partial charge in [-0.3, -0.25) is 4.79 Å². The Morgan fingerprint density at radius 3 is 2.38 bits per heavy atom. The van der Waals surface area contributed by atoms with E-state index in [1.54, 1.807) is 24.4 Å². The SMILES string of the molecule is Cn1ccnc1[C@@H](NC(=O)c1cc(Cl)cc(Cl)c1)c1ccccc1. The summed E-state index contributed by atoms with van der Waals surface area (Å²) in [5.41, 5.74) is 1.34. The average Bonchev–Trinajstić information content (AvgIpc) is 2.98. The minimum absolute atomic E-state index is 0.267. The monoisotopic (exact) mass is 359 g/mol. The third kappa shape index (κ3) is 3.61. The van der Waals surface area contributed by atoms with Gasteiger partial charge >= 0.3 is 0 Å². The second-order valence-corrected chi connectivity index (χ2v) is 6.24. The first-order chi connectivity index (χ1) is 11.5. The van der Waals surface area contributed by atoms with Crippen molar-refractivity contribution in [1.29, 1.82) is 0 Å². The van der Waals surface area contributed by atoms with Gasteiger partial charge in [0.25, 0.3) is 5.91 Å². The van der Waals surface area contributed by atoms with Gasteiger partial charge in [0.05, 0.1) is 0 Å². The van der Waals surface area contributed by atoms with E-state index in [1.807, 2.05) is 48.1 Å². The summed E-state index contributed by atoms with van der Waals surface area (Å²) < 4.78 is 1.88. The lowest BCUT2D eigenvalue weighted by Gasteiger charge is -2.19. The van der Waals surface area contributed by atoms with Crippen LogP contribution in [-0.2, 0) is 7.05 Å². The molecule has 122 valence electrons. The van der Waals surface area contributed by atoms with Crippen LogP contribution in [-0.4, -0.2) is 15.5 Å². The van der Waals surface area contributed by atoms with E-state index in [0.29, 0.717) is 15.6 Å². The highest BCUT2D eigenvalue weighted by Gasteiger charge is 2.21. The van der Waals surface area contributed by atoms with Gasteiger partial charge in [0.2, 0.25) is 0 Å². The van der Waals surface area contributed by atoms with Crippen molar-refractivity contribution in [1.82, 2.24) is 14.9 Å². The molecule has 2 aromatic carbocycles. The molecule has 0 aliphatic heterocycles. The number of halogens is 2. The molecule has 0 spiro atoms. The summed E-state index contributed by atoms with van der Waals surface area (Å²) in [6.07, 6.45) is 3.54. The molecule has 0 fully saturated rings. The molecule has 0 saturated carbocycles. The number of nitrogens with one attached hydrogen (secondary N) is 1. The Hall–Kier alpha value is -2.30. The van der Waals surface area contributed by atoms with Crippen LogP contribution in [0.2, 0.25) is 10.0 Å². The van der Waals surface area contributed by atoms with E-state index in [-0.39, 0.29) is 11.9 Å². The zero-order valence-corrected chi connectivity index (χ0v) is 14.4. The van der Waals surface area contributed by atoms with Crippen molar-refractivity contribution in [2.75, 3.05) is 0 Å². The molecule has 0 bridgehead atoms. The van der Waals surface area contributed by atoms with E-state index in [1.165, 1.54) is 0 Å². The Labute approximate surface area is 150 Å². The number of hydrogen-bond donors (Lipinski definition) is 1. The first-order valence-electron chi connectivity index (χ1n) is 7.34. The standard InChI is InChI=1S/C18H15Cl2N3O/c1-23-8-7-21-17(23)16(12-5-3-2-4-6-12)22-18(24)13-9-14(19)11-15(20)10-13/h2-11,16H,1H3,(H,22,24)/t16-/m0/s1. The van der Waals surface area contributed by atoms with E-state index >= 15 is 0 Å². The largest absolute Gasteiger partial charge is 0.338 e. The predicted molar refractivity (Wildman–Crippen MR) is 95.4 cm³/mol. The van der Waals surface area contributed by atoms with Crippen LogP contribution in [0.1, 0.15) is 27.8 Å². The molecular weight excluding hydrogens is 345 g/mol. The quantitative estimate of drug-likeness (QED) is 0.756. The van der Waals surface area contributed by atoms with E-state index in [2.05, 4.69) is 10.3 Å². The normalized spacial score (nSPS) is 12.0. The van der Waals surface area contributed by atoms with Gasteiger partial charge in [0.15, 0.2) is 0 Å². The summed E-state index contributed by atoms with van der Waals surface area (Å²) >= 11 is 12.0. The fourth-order valence-electron chi connectivity index (χ4n) is 2.50. The van der Waals surface area contributed by atoms with Crippen LogP contribution < -0.4 is 5.32 Å². The summed E-state index contributed by atoms with van der Waals surface area (Å²) in [4.78, 5) is 17.0. The number of carbonyl (C=O) groups excluding carboxylic acids is 1. The Bertz CT molecular complexity index is 841. The molecule has 4 nitrogen and oxygen atoms in total. The lowest BCUT2D eigenvalue weighted by Crippen LogP contribution is -2.31. The van der Waals surface area contributed by atoms with Gasteiger partial charge in [-0.2, -0.15) is 0 Å². The van der Waals surface area contributed by atoms with E-state index in [4.69, 9.17) is 23.2 Å². The lowest BCUT2D eigenvalue weighted by atomic mass is 10.1. The Morgan fingerprint density at radius 2 is 1.79 bits per heavy atom. The second kappa shape index (κ2) is 7.07. The molecule has 1 N–H and O–H groups in total. The zero-order valence-electron chi connectivity index (χ0n) is 12.9. The third-order valence-corrected chi connectivity index (χ3v) is 4.09. The fourth-order valence-corrected chi connectivity index (χ4v) is 3.02. The Morgan fingerprint density at radius 1 is 1.12 bits per heavy atom. The van der Waals surface area contributed by atoms with Crippen LogP contribution in [0.25, 0.3) is 0 Å². The average molecular weight is 360 g/mol. The highest BCUT2D eigenvalue weighted by atomic mass is 35.5. The topological polar surface area (TPSA) is 46.9 Å². The molecule has 1 aromatic heterocycles. The molecular formula is C18H15Cl2N3O. The number of hydrogen-bond acceptors (Lipinski definition) is 2. The van der Waals surface area contributed by atoms with Gasteiger partial charge in [-0.1, -0.05) is 53.5 Å². The summed E-state index contributed by atoms with van der Waals surface area (Å²) in [5, 5.41) is 3.84. The minimum atomic E-state index is -0.378. The molecule has 3 rings (SSSR count). The van der Waals surface area contributed by atoms with E-state index in [9.17, 15) is 4.79 Å². The van der Waals surface area contributed by atoms with Crippen LogP contribution >= 0.6 is 23.2 Å². The van der Waals surface area contributed by atoms with Gasteiger partial charge in [-0.05, 0) is 23.8 Å². The van der Waals surface area contributed by atoms with Gasteiger partial charge in [0, 0.05) is 35.1 Å². The molecule has 3 aromatic rings. The number of nitrogens with zero attached hydrogens (tertiary/aromatic N) is 2. The van der Waals surface area contributed by atoms with Crippen LogP contribution in [0.3, 0.4) is 0 Å². The van der Waals surface area contributed by atoms with Gasteiger partial charge < -0.3 is 9.88 Å². The van der Waals surface area contributed by atoms with Gasteiger partial charge in [-0.25, -0.2) is 4.98 Å². The summed E-state index contributed by atoms with van der Waals surface area (Å²) in [7, 11) is 1.89. The number of amides is 1. The Balaban J connectivity index is 1.95. The van der Waals surface area contributed by atoms with Crippen LogP contribution in [0.5, 0.6) is 0 Å². The fraction of sp³-hybridized carbons (Fsp3) is 0.111. The van der Waals surface area contributed by atoms with Gasteiger partial charge in [0.1, 0.15) is 11.9 Å². The van der Waals surface area contributed by atoms with Crippen molar-refractivity contribution < 1.29 is 4.79 Å². The first kappa shape index (κ1) is 16.6. The minimum Gasteiger partial charge on any atom is -0.338 e. The molecule has 0 aliphatic rings. The maximum atomic E-state index is 12.7. The third-order valence-electron chi connectivity index (χ3n) is 3.65. The van der Waals surface area contributed by atoms with Crippen molar-refractivity contribution >= 4 is 29.1 Å². The number of imidazole rings is 1. The van der Waals surface area contributed by atoms with E-state index in [0.717, 1.165) is 11.4 Å². The van der Waals surface area contributed by atoms with Crippen molar-refractivity contribution in [2.24, 2.45) is 7.05 Å². The molecule has 1 amide bonds. The van der Waals surface area contributed by atoms with Crippen LogP contribution in [0.15, 0.2) is 60.9 Å². The molecule has 0 aliphatic carbocycles. The summed E-state index contributed by atoms with van der Waals surface area (Å²) in [6, 6.07) is 14.1. The molecule has 0 unspecified atom stereocenters. The molecule has 24 heavy (non-hydrogen) atoms. The molecule has 6 heteroatoms. The van der Waals surface area contributed by atoms with Crippen molar-refractivity contribution in [3.05, 3.63) is 87.9 Å². The number of rotatable bonds is 4. The lowest BCUT2D eigenvalue weighted by molar-refractivity contribution is 0.0941. The summed E-state index contributed by atoms with van der Waals surface area (Å²) in [5.74, 6) is 0.471. The number of benzene rings is 2. The van der Waals surface area contributed by atoms with Crippen LogP contribution in [0, 0.1) is 0 Å². The second-order valence-electron chi connectivity index (χ2n) is 5.37. The number of carbonyl (C=O) groups is 1. The first-order valence-corrected chi connectivity index (χ1v) is 8.09. The van der Waals surface area contributed by atoms with E-state index < -0.39 is 0 Å².